The van der Waals surface area contributed by atoms with Crippen LogP contribution in [0.4, 0.5) is 5.69 Å². The van der Waals surface area contributed by atoms with Crippen LogP contribution in [0.1, 0.15) is 31.2 Å². The van der Waals surface area contributed by atoms with Gasteiger partial charge in [0, 0.05) is 17.8 Å². The second kappa shape index (κ2) is 3.01. The van der Waals surface area contributed by atoms with Gasteiger partial charge in [0.1, 0.15) is 0 Å². The number of hydrogen-bond donors (Lipinski definition) is 0. The van der Waals surface area contributed by atoms with Crippen molar-refractivity contribution in [3.8, 4) is 0 Å². The summed E-state index contributed by atoms with van der Waals surface area (Å²) in [5.41, 5.74) is 2.81. The maximum Gasteiger partial charge on any atom is 0.0371 e. The molecule has 1 aromatic rings. The highest BCUT2D eigenvalue weighted by molar-refractivity contribution is 5.51. The Morgan fingerprint density at radius 3 is 1.93 bits per heavy atom. The van der Waals surface area contributed by atoms with E-state index in [1.165, 1.54) is 36.9 Å². The van der Waals surface area contributed by atoms with E-state index in [0.29, 0.717) is 0 Å². The largest absolute Gasteiger partial charge is 0.366 e. The van der Waals surface area contributed by atoms with Crippen LogP contribution in [0.5, 0.6) is 0 Å². The fourth-order valence-corrected chi connectivity index (χ4v) is 3.05. The van der Waals surface area contributed by atoms with Crippen molar-refractivity contribution in [3.05, 3.63) is 29.8 Å². The van der Waals surface area contributed by atoms with E-state index in [1.54, 1.807) is 0 Å². The summed E-state index contributed by atoms with van der Waals surface area (Å²) in [5, 5.41) is 0. The smallest absolute Gasteiger partial charge is 0.0371 e. The molecule has 14 heavy (non-hydrogen) atoms. The highest BCUT2D eigenvalue weighted by Gasteiger charge is 2.38. The molecule has 2 heterocycles. The molecule has 2 saturated heterocycles. The van der Waals surface area contributed by atoms with E-state index in [9.17, 15) is 0 Å². The Labute approximate surface area is 85.7 Å². The van der Waals surface area contributed by atoms with E-state index < -0.39 is 0 Å². The van der Waals surface area contributed by atoms with Crippen molar-refractivity contribution in [2.24, 2.45) is 0 Å². The minimum atomic E-state index is 0.850. The lowest BCUT2D eigenvalue weighted by molar-refractivity contribution is 0.576. The average molecular weight is 187 g/mol. The van der Waals surface area contributed by atoms with Crippen molar-refractivity contribution >= 4 is 5.69 Å². The lowest BCUT2D eigenvalue weighted by atomic mass is 10.0. The Balaban J connectivity index is 1.92. The van der Waals surface area contributed by atoms with Gasteiger partial charge < -0.3 is 4.90 Å². The van der Waals surface area contributed by atoms with Crippen molar-refractivity contribution in [1.29, 1.82) is 0 Å². The van der Waals surface area contributed by atoms with Gasteiger partial charge in [0.25, 0.3) is 0 Å². The molecule has 0 aliphatic carbocycles. The van der Waals surface area contributed by atoms with Gasteiger partial charge in [-0.15, -0.1) is 0 Å². The molecule has 0 atom stereocenters. The topological polar surface area (TPSA) is 3.24 Å². The molecule has 2 aliphatic rings. The van der Waals surface area contributed by atoms with Crippen LogP contribution < -0.4 is 4.90 Å². The van der Waals surface area contributed by atoms with Crippen LogP contribution in [0.3, 0.4) is 0 Å². The van der Waals surface area contributed by atoms with E-state index in [2.05, 4.69) is 36.1 Å². The zero-order valence-electron chi connectivity index (χ0n) is 8.74. The third kappa shape index (κ3) is 1.15. The summed E-state index contributed by atoms with van der Waals surface area (Å²) in [6, 6.07) is 10.7. The molecule has 2 bridgehead atoms. The maximum absolute atomic E-state index is 2.65. The van der Waals surface area contributed by atoms with Crippen molar-refractivity contribution in [2.45, 2.75) is 44.7 Å². The second-order valence-electron chi connectivity index (χ2n) is 4.71. The molecular weight excluding hydrogens is 170 g/mol. The van der Waals surface area contributed by atoms with Gasteiger partial charge in [-0.25, -0.2) is 0 Å². The third-order valence-electron chi connectivity index (χ3n) is 3.79. The van der Waals surface area contributed by atoms with Crippen LogP contribution >= 0.6 is 0 Å². The van der Waals surface area contributed by atoms with Crippen molar-refractivity contribution in [3.63, 3.8) is 0 Å². The molecule has 0 amide bonds. The zero-order valence-corrected chi connectivity index (χ0v) is 8.74. The first kappa shape index (κ1) is 8.34. The third-order valence-corrected chi connectivity index (χ3v) is 3.79. The lowest BCUT2D eigenvalue weighted by Crippen LogP contribution is -2.27. The highest BCUT2D eigenvalue weighted by Crippen LogP contribution is 2.40. The Kier molecular flexibility index (Phi) is 1.79. The van der Waals surface area contributed by atoms with Gasteiger partial charge in [0.2, 0.25) is 0 Å². The molecule has 0 aromatic heterocycles. The number of rotatable bonds is 1. The van der Waals surface area contributed by atoms with Crippen LogP contribution in [-0.2, 0) is 0 Å². The minimum absolute atomic E-state index is 0.850. The fourth-order valence-electron chi connectivity index (χ4n) is 3.05. The quantitative estimate of drug-likeness (QED) is 0.653. The lowest BCUT2D eigenvalue weighted by Gasteiger charge is -2.24. The van der Waals surface area contributed by atoms with E-state index in [0.717, 1.165) is 12.1 Å². The average Bonchev–Trinajstić information content (AvgIpc) is 2.78. The molecule has 1 heteroatoms. The van der Waals surface area contributed by atoms with Gasteiger partial charge in [-0.05, 0) is 44.7 Å². The molecule has 1 aromatic carbocycles. The standard InChI is InChI=1S/C13H17N/c1-10-2-4-11(5-3-10)14-12-6-7-13(14)9-8-12/h2-5,12-13H,6-9H2,1H3. The predicted molar refractivity (Wildman–Crippen MR) is 59.7 cm³/mol. The van der Waals surface area contributed by atoms with E-state index in [1.807, 2.05) is 0 Å². The number of hydrogen-bond acceptors (Lipinski definition) is 1. The first-order valence-corrected chi connectivity index (χ1v) is 5.69. The Hall–Kier alpha value is -0.980. The number of fused-ring (bicyclic) bond motifs is 2. The Morgan fingerprint density at radius 1 is 0.929 bits per heavy atom. The summed E-state index contributed by atoms with van der Waals surface area (Å²) in [5.74, 6) is 0. The van der Waals surface area contributed by atoms with E-state index in [4.69, 9.17) is 0 Å². The second-order valence-corrected chi connectivity index (χ2v) is 4.71. The van der Waals surface area contributed by atoms with Crippen LogP contribution in [0.25, 0.3) is 0 Å². The van der Waals surface area contributed by atoms with E-state index >= 15 is 0 Å². The molecule has 1 nitrogen and oxygen atoms in total. The van der Waals surface area contributed by atoms with Crippen LogP contribution in [0, 0.1) is 6.92 Å². The summed E-state index contributed by atoms with van der Waals surface area (Å²) in [7, 11) is 0. The molecule has 0 N–H and O–H groups in total. The summed E-state index contributed by atoms with van der Waals surface area (Å²) < 4.78 is 0. The normalized spacial score (nSPS) is 29.9. The Bertz CT molecular complexity index is 308. The molecule has 0 spiro atoms. The number of benzene rings is 1. The minimum Gasteiger partial charge on any atom is -0.366 e. The Morgan fingerprint density at radius 2 is 1.43 bits per heavy atom. The van der Waals surface area contributed by atoms with Gasteiger partial charge in [0.05, 0.1) is 0 Å². The molecule has 2 fully saturated rings. The zero-order chi connectivity index (χ0) is 9.54. The highest BCUT2D eigenvalue weighted by atomic mass is 15.2. The monoisotopic (exact) mass is 187 g/mol. The fraction of sp³-hybridized carbons (Fsp3) is 0.538. The van der Waals surface area contributed by atoms with Gasteiger partial charge >= 0.3 is 0 Å². The molecule has 74 valence electrons. The summed E-state index contributed by atoms with van der Waals surface area (Å²) in [6.07, 6.45) is 5.66. The maximum atomic E-state index is 2.65. The van der Waals surface area contributed by atoms with Gasteiger partial charge in [-0.3, -0.25) is 0 Å². The van der Waals surface area contributed by atoms with Crippen LogP contribution in [0.15, 0.2) is 24.3 Å². The first-order valence-electron chi connectivity index (χ1n) is 5.69. The molecule has 2 aliphatic heterocycles. The van der Waals surface area contributed by atoms with Crippen molar-refractivity contribution < 1.29 is 0 Å². The number of anilines is 1. The SMILES string of the molecule is Cc1ccc(N2C3CCC2CC3)cc1. The molecule has 0 unspecified atom stereocenters. The number of aryl methyl sites for hydroxylation is 1. The predicted octanol–water partition coefficient (Wildman–Crippen LogP) is 3.13. The molecular formula is C13H17N. The molecule has 0 radical (unpaired) electrons. The number of nitrogens with zero attached hydrogens (tertiary/aromatic N) is 1. The van der Waals surface area contributed by atoms with E-state index in [-0.39, 0.29) is 0 Å². The summed E-state index contributed by atoms with van der Waals surface area (Å²) >= 11 is 0. The summed E-state index contributed by atoms with van der Waals surface area (Å²) in [4.78, 5) is 2.65. The first-order chi connectivity index (χ1) is 6.84. The van der Waals surface area contributed by atoms with Gasteiger partial charge in [0.15, 0.2) is 0 Å². The van der Waals surface area contributed by atoms with Gasteiger partial charge in [-0.2, -0.15) is 0 Å². The molecule has 3 rings (SSSR count). The van der Waals surface area contributed by atoms with Gasteiger partial charge in [-0.1, -0.05) is 17.7 Å². The van der Waals surface area contributed by atoms with Crippen LogP contribution in [0.2, 0.25) is 0 Å². The van der Waals surface area contributed by atoms with Crippen molar-refractivity contribution in [2.75, 3.05) is 4.90 Å². The summed E-state index contributed by atoms with van der Waals surface area (Å²) in [6.45, 7) is 2.16. The van der Waals surface area contributed by atoms with Crippen molar-refractivity contribution in [1.82, 2.24) is 0 Å². The van der Waals surface area contributed by atoms with Crippen LogP contribution in [-0.4, -0.2) is 12.1 Å². The molecule has 0 saturated carbocycles.